The van der Waals surface area contributed by atoms with Crippen LogP contribution in [0, 0.1) is 0 Å². The molecule has 0 unspecified atom stereocenters. The van der Waals surface area contributed by atoms with Gasteiger partial charge in [0.25, 0.3) is 0 Å². The van der Waals surface area contributed by atoms with Gasteiger partial charge in [-0.15, -0.1) is 0 Å². The highest BCUT2D eigenvalue weighted by molar-refractivity contribution is 9.10. The summed E-state index contributed by atoms with van der Waals surface area (Å²) < 4.78 is 25.5. The second-order valence-corrected chi connectivity index (χ2v) is 8.11. The topological polar surface area (TPSA) is 34.1 Å². The Morgan fingerprint density at radius 3 is 2.35 bits per heavy atom. The van der Waals surface area contributed by atoms with Crippen LogP contribution in [0.25, 0.3) is 16.8 Å². The summed E-state index contributed by atoms with van der Waals surface area (Å²) in [6.45, 7) is 0. The second-order valence-electron chi connectivity index (χ2n) is 5.30. The SMILES string of the molecule is O=S(=O)(C=Cc1cccc2ccccc12)Cc1ccc(Br)cc1. The molecule has 0 saturated carbocycles. The molecule has 0 N–H and O–H groups in total. The summed E-state index contributed by atoms with van der Waals surface area (Å²) in [5.41, 5.74) is 1.68. The second kappa shape index (κ2) is 6.69. The third kappa shape index (κ3) is 4.09. The summed E-state index contributed by atoms with van der Waals surface area (Å²) in [6, 6.07) is 21.1. The van der Waals surface area contributed by atoms with Crippen LogP contribution in [0.15, 0.2) is 76.6 Å². The average molecular weight is 387 g/mol. The van der Waals surface area contributed by atoms with Crippen molar-refractivity contribution in [2.75, 3.05) is 0 Å². The van der Waals surface area contributed by atoms with Gasteiger partial charge in [-0.3, -0.25) is 0 Å². The predicted octanol–water partition coefficient (Wildman–Crippen LogP) is 5.19. The number of benzene rings is 3. The summed E-state index contributed by atoms with van der Waals surface area (Å²) in [5.74, 6) is 0.00153. The summed E-state index contributed by atoms with van der Waals surface area (Å²) in [6.07, 6.45) is 1.68. The molecule has 23 heavy (non-hydrogen) atoms. The van der Waals surface area contributed by atoms with Crippen molar-refractivity contribution in [1.29, 1.82) is 0 Å². The molecule has 0 bridgehead atoms. The molecule has 4 heteroatoms. The van der Waals surface area contributed by atoms with Crippen LogP contribution < -0.4 is 0 Å². The molecule has 0 aliphatic carbocycles. The van der Waals surface area contributed by atoms with Gasteiger partial charge in [-0.25, -0.2) is 8.42 Å². The van der Waals surface area contributed by atoms with E-state index in [2.05, 4.69) is 15.9 Å². The van der Waals surface area contributed by atoms with Crippen LogP contribution >= 0.6 is 15.9 Å². The first kappa shape index (κ1) is 16.0. The van der Waals surface area contributed by atoms with Gasteiger partial charge in [0.2, 0.25) is 0 Å². The van der Waals surface area contributed by atoms with Crippen LogP contribution in [0.1, 0.15) is 11.1 Å². The smallest absolute Gasteiger partial charge is 0.175 e. The van der Waals surface area contributed by atoms with Crippen LogP contribution in [0.5, 0.6) is 0 Å². The van der Waals surface area contributed by atoms with E-state index in [0.29, 0.717) is 0 Å². The van der Waals surface area contributed by atoms with Crippen molar-refractivity contribution < 1.29 is 8.42 Å². The molecule has 0 heterocycles. The molecule has 0 amide bonds. The van der Waals surface area contributed by atoms with Crippen molar-refractivity contribution in [3.05, 3.63) is 87.7 Å². The van der Waals surface area contributed by atoms with E-state index in [0.717, 1.165) is 26.4 Å². The molecule has 0 aliphatic rings. The molecule has 116 valence electrons. The van der Waals surface area contributed by atoms with E-state index in [9.17, 15) is 8.42 Å². The van der Waals surface area contributed by atoms with Gasteiger partial charge < -0.3 is 0 Å². The molecule has 0 spiro atoms. The maximum absolute atomic E-state index is 12.3. The summed E-state index contributed by atoms with van der Waals surface area (Å²) >= 11 is 3.35. The van der Waals surface area contributed by atoms with Crippen LogP contribution in [0.3, 0.4) is 0 Å². The van der Waals surface area contributed by atoms with Gasteiger partial charge in [-0.2, -0.15) is 0 Å². The lowest BCUT2D eigenvalue weighted by atomic mass is 10.1. The van der Waals surface area contributed by atoms with E-state index in [-0.39, 0.29) is 5.75 Å². The molecule has 2 nitrogen and oxygen atoms in total. The first-order valence-electron chi connectivity index (χ1n) is 7.16. The van der Waals surface area contributed by atoms with Gasteiger partial charge in [0.05, 0.1) is 5.75 Å². The average Bonchev–Trinajstić information content (AvgIpc) is 2.55. The summed E-state index contributed by atoms with van der Waals surface area (Å²) in [7, 11) is -3.31. The molecule has 0 aromatic heterocycles. The molecular formula is C19H15BrO2S. The molecule has 3 aromatic carbocycles. The van der Waals surface area contributed by atoms with E-state index in [4.69, 9.17) is 0 Å². The normalized spacial score (nSPS) is 12.0. The fourth-order valence-electron chi connectivity index (χ4n) is 2.43. The van der Waals surface area contributed by atoms with Crippen LogP contribution in [-0.4, -0.2) is 8.42 Å². The molecule has 0 aliphatic heterocycles. The molecule has 3 rings (SSSR count). The first-order valence-corrected chi connectivity index (χ1v) is 9.67. The quantitative estimate of drug-likeness (QED) is 0.618. The van der Waals surface area contributed by atoms with Gasteiger partial charge >= 0.3 is 0 Å². The van der Waals surface area contributed by atoms with E-state index in [1.54, 1.807) is 6.08 Å². The van der Waals surface area contributed by atoms with Crippen LogP contribution in [0.4, 0.5) is 0 Å². The highest BCUT2D eigenvalue weighted by Crippen LogP contribution is 2.20. The van der Waals surface area contributed by atoms with Crippen molar-refractivity contribution in [2.45, 2.75) is 5.75 Å². The Morgan fingerprint density at radius 1 is 0.870 bits per heavy atom. The fraction of sp³-hybridized carbons (Fsp3) is 0.0526. The van der Waals surface area contributed by atoms with Crippen molar-refractivity contribution in [1.82, 2.24) is 0 Å². The first-order chi connectivity index (χ1) is 11.0. The molecule has 0 radical (unpaired) electrons. The monoisotopic (exact) mass is 386 g/mol. The molecule has 3 aromatic rings. The van der Waals surface area contributed by atoms with Gasteiger partial charge in [-0.05, 0) is 40.1 Å². The van der Waals surface area contributed by atoms with Crippen LogP contribution in [0.2, 0.25) is 0 Å². The Morgan fingerprint density at radius 2 is 1.57 bits per heavy atom. The number of rotatable bonds is 4. The molecule has 0 saturated heterocycles. The maximum Gasteiger partial charge on any atom is 0.175 e. The van der Waals surface area contributed by atoms with E-state index >= 15 is 0 Å². The highest BCUT2D eigenvalue weighted by atomic mass is 79.9. The van der Waals surface area contributed by atoms with Crippen molar-refractivity contribution in [3.63, 3.8) is 0 Å². The lowest BCUT2D eigenvalue weighted by Gasteiger charge is -2.03. The predicted molar refractivity (Wildman–Crippen MR) is 99.7 cm³/mol. The van der Waals surface area contributed by atoms with Gasteiger partial charge in [0.1, 0.15) is 0 Å². The lowest BCUT2D eigenvalue weighted by Crippen LogP contribution is -1.99. The maximum atomic E-state index is 12.3. The number of hydrogen-bond donors (Lipinski definition) is 0. The minimum Gasteiger partial charge on any atom is -0.224 e. The van der Waals surface area contributed by atoms with Crippen molar-refractivity contribution in [2.24, 2.45) is 0 Å². The Bertz CT molecular complexity index is 953. The van der Waals surface area contributed by atoms with Crippen molar-refractivity contribution in [3.8, 4) is 0 Å². The number of fused-ring (bicyclic) bond motifs is 1. The van der Waals surface area contributed by atoms with Gasteiger partial charge in [0.15, 0.2) is 9.84 Å². The fourth-order valence-corrected chi connectivity index (χ4v) is 3.81. The minimum absolute atomic E-state index is 0.00153. The number of halogens is 1. The highest BCUT2D eigenvalue weighted by Gasteiger charge is 2.08. The minimum atomic E-state index is -3.31. The summed E-state index contributed by atoms with van der Waals surface area (Å²) in [4.78, 5) is 0. The van der Waals surface area contributed by atoms with Gasteiger partial charge in [0, 0.05) is 9.88 Å². The third-order valence-electron chi connectivity index (χ3n) is 3.56. The number of sulfone groups is 1. The Labute approximate surface area is 144 Å². The zero-order chi connectivity index (χ0) is 16.3. The Kier molecular flexibility index (Phi) is 4.64. The van der Waals surface area contributed by atoms with E-state index < -0.39 is 9.84 Å². The van der Waals surface area contributed by atoms with E-state index in [1.807, 2.05) is 66.7 Å². The Balaban J connectivity index is 1.87. The standard InChI is InChI=1S/C19H15BrO2S/c20-18-10-8-15(9-11-18)14-23(21,22)13-12-17-6-3-5-16-4-1-2-7-19(16)17/h1-13H,14H2. The number of hydrogen-bond acceptors (Lipinski definition) is 2. The lowest BCUT2D eigenvalue weighted by molar-refractivity contribution is 0.604. The molecule has 0 fully saturated rings. The zero-order valence-corrected chi connectivity index (χ0v) is 14.7. The van der Waals surface area contributed by atoms with Gasteiger partial charge in [-0.1, -0.05) is 70.5 Å². The largest absolute Gasteiger partial charge is 0.224 e. The van der Waals surface area contributed by atoms with Crippen LogP contribution in [-0.2, 0) is 15.6 Å². The summed E-state index contributed by atoms with van der Waals surface area (Å²) in [5, 5.41) is 3.45. The zero-order valence-electron chi connectivity index (χ0n) is 12.3. The molecule has 0 atom stereocenters. The van der Waals surface area contributed by atoms with E-state index in [1.165, 1.54) is 5.41 Å². The third-order valence-corrected chi connectivity index (χ3v) is 5.37. The Hall–Kier alpha value is -1.91. The van der Waals surface area contributed by atoms with Crippen molar-refractivity contribution >= 4 is 42.6 Å². The molecular weight excluding hydrogens is 372 g/mol.